The Labute approximate surface area is 382 Å². The maximum Gasteiger partial charge on any atom is 0.311 e. The number of rotatable bonds is 27. The molecule has 18 nitrogen and oxygen atoms in total. The zero-order valence-electron chi connectivity index (χ0n) is 37.9. The Kier molecular flexibility index (Phi) is 26.7. The Morgan fingerprint density at radius 1 is 0.723 bits per heavy atom. The highest BCUT2D eigenvalue weighted by Gasteiger charge is 2.45. The van der Waals surface area contributed by atoms with E-state index >= 15 is 0 Å². The SMILES string of the molecule is CC(O)CC(O)C(O)CCC(O)CC(O)CC(=O)OC(C)C(C)C(O)C(C)C=CC=CC=CC=CC=CC=CC=CC(CC1OC(O)CC(O)C1C(=O)O)OC1OC(C)C(O)C(N)C1O. The Morgan fingerprint density at radius 3 is 1.83 bits per heavy atom. The average molecular weight is 926 g/mol. The van der Waals surface area contributed by atoms with Crippen LogP contribution in [-0.4, -0.2) is 166 Å². The first kappa shape index (κ1) is 57.7. The van der Waals surface area contributed by atoms with Gasteiger partial charge in [-0.15, -0.1) is 0 Å². The standard InChI is InChI=1S/C47H75NO17/c1-27(43(57)29(3)30(4)62-39(55)24-33(51)23-32(50)20-21-35(52)36(53)22-28(2)49)18-16-14-12-10-8-6-7-9-11-13-15-17-19-34(64-47-45(59)42(48)44(58)31(5)63-47)25-38-41(46(60)61)37(54)26-40(56)65-38/h6-19,27-38,40-45,47,49-54,56-59H,20-26,48H2,1-5H3,(H,60,61). The molecule has 0 saturated carbocycles. The Bertz CT molecular complexity index is 1600. The molecule has 0 aromatic carbocycles. The Morgan fingerprint density at radius 2 is 1.28 bits per heavy atom. The van der Waals surface area contributed by atoms with Crippen LogP contribution in [0, 0.1) is 17.8 Å². The molecule has 0 spiro atoms. The lowest BCUT2D eigenvalue weighted by Gasteiger charge is -2.41. The predicted molar refractivity (Wildman–Crippen MR) is 239 cm³/mol. The number of carboxylic acid groups (broad SMARTS) is 1. The van der Waals surface area contributed by atoms with E-state index in [0.29, 0.717) is 0 Å². The van der Waals surface area contributed by atoms with Gasteiger partial charge in [0.1, 0.15) is 18.1 Å². The number of nitrogens with two attached hydrogens (primary N) is 1. The van der Waals surface area contributed by atoms with E-state index in [0.717, 1.165) is 0 Å². The first-order chi connectivity index (χ1) is 30.6. The van der Waals surface area contributed by atoms with Crippen LogP contribution in [0.4, 0.5) is 0 Å². The summed E-state index contributed by atoms with van der Waals surface area (Å²) >= 11 is 0. The first-order valence-electron chi connectivity index (χ1n) is 22.3. The maximum atomic E-state index is 12.5. The molecule has 0 aromatic rings. The van der Waals surface area contributed by atoms with Gasteiger partial charge in [-0.2, -0.15) is 0 Å². The van der Waals surface area contributed by atoms with Gasteiger partial charge in [0.05, 0.1) is 79.6 Å². The molecule has 0 amide bonds. The molecular formula is C47H75NO17. The van der Waals surface area contributed by atoms with E-state index in [4.69, 9.17) is 24.7 Å². The van der Waals surface area contributed by atoms with Crippen molar-refractivity contribution in [1.29, 1.82) is 0 Å². The molecule has 13 N–H and O–H groups in total. The molecule has 2 rings (SSSR count). The number of carboxylic acids is 1. The lowest BCUT2D eigenvalue weighted by atomic mass is 9.87. The highest BCUT2D eigenvalue weighted by Crippen LogP contribution is 2.31. The molecule has 2 saturated heterocycles. The summed E-state index contributed by atoms with van der Waals surface area (Å²) in [5.41, 5.74) is 5.95. The van der Waals surface area contributed by atoms with Crippen molar-refractivity contribution in [3.63, 3.8) is 0 Å². The van der Waals surface area contributed by atoms with Crippen molar-refractivity contribution in [3.05, 3.63) is 85.1 Å². The van der Waals surface area contributed by atoms with Crippen molar-refractivity contribution in [2.24, 2.45) is 23.5 Å². The molecule has 2 aliphatic heterocycles. The minimum Gasteiger partial charge on any atom is -0.481 e. The van der Waals surface area contributed by atoms with Gasteiger partial charge < -0.3 is 80.9 Å². The largest absolute Gasteiger partial charge is 0.481 e. The summed E-state index contributed by atoms with van der Waals surface area (Å²) in [4.78, 5) is 24.4. The van der Waals surface area contributed by atoms with Gasteiger partial charge in [0, 0.05) is 31.1 Å². The number of carbonyl (C=O) groups is 2. The summed E-state index contributed by atoms with van der Waals surface area (Å²) in [6.45, 7) is 8.29. The van der Waals surface area contributed by atoms with Crippen molar-refractivity contribution in [2.75, 3.05) is 0 Å². The second kappa shape index (κ2) is 30.0. The smallest absolute Gasteiger partial charge is 0.311 e. The van der Waals surface area contributed by atoms with Gasteiger partial charge in [-0.3, -0.25) is 9.59 Å². The van der Waals surface area contributed by atoms with E-state index < -0.39 is 122 Å². The fraction of sp³-hybridized carbons (Fsp3) is 0.660. The molecule has 2 heterocycles. The predicted octanol–water partition coefficient (Wildman–Crippen LogP) is 0.958. The summed E-state index contributed by atoms with van der Waals surface area (Å²) in [6.07, 6.45) is 7.69. The molecule has 19 atom stereocenters. The second-order valence-electron chi connectivity index (χ2n) is 17.1. The van der Waals surface area contributed by atoms with Crippen LogP contribution in [0.15, 0.2) is 85.1 Å². The van der Waals surface area contributed by atoms with E-state index in [9.17, 15) is 65.8 Å². The normalized spacial score (nSPS) is 30.6. The fourth-order valence-corrected chi connectivity index (χ4v) is 7.30. The van der Waals surface area contributed by atoms with Crippen LogP contribution in [0.3, 0.4) is 0 Å². The molecule has 2 fully saturated rings. The van der Waals surface area contributed by atoms with Crippen LogP contribution in [0.5, 0.6) is 0 Å². The minimum absolute atomic E-state index is 0.00748. The highest BCUT2D eigenvalue weighted by molar-refractivity contribution is 5.71. The van der Waals surface area contributed by atoms with Crippen LogP contribution in [0.2, 0.25) is 0 Å². The molecule has 19 unspecified atom stereocenters. The first-order valence-corrected chi connectivity index (χ1v) is 22.3. The molecule has 0 bridgehead atoms. The number of allylic oxidation sites excluding steroid dienone is 12. The summed E-state index contributed by atoms with van der Waals surface area (Å²) < 4.78 is 22.5. The van der Waals surface area contributed by atoms with Crippen LogP contribution in [0.25, 0.3) is 0 Å². The van der Waals surface area contributed by atoms with E-state index in [-0.39, 0.29) is 50.9 Å². The van der Waals surface area contributed by atoms with E-state index in [1.165, 1.54) is 6.92 Å². The van der Waals surface area contributed by atoms with Gasteiger partial charge in [0.2, 0.25) is 0 Å². The monoisotopic (exact) mass is 926 g/mol. The quantitative estimate of drug-likeness (QED) is 0.0403. The molecule has 0 aliphatic carbocycles. The molecular weight excluding hydrogens is 851 g/mol. The third kappa shape index (κ3) is 21.4. The number of ether oxygens (including phenoxy) is 4. The third-order valence-corrected chi connectivity index (χ3v) is 11.4. The molecule has 370 valence electrons. The number of aliphatic hydroxyl groups excluding tert-OH is 10. The third-order valence-electron chi connectivity index (χ3n) is 11.4. The van der Waals surface area contributed by atoms with Gasteiger partial charge in [-0.25, -0.2) is 0 Å². The van der Waals surface area contributed by atoms with Gasteiger partial charge in [-0.05, 0) is 40.0 Å². The molecule has 0 aromatic heterocycles. The lowest BCUT2D eigenvalue weighted by molar-refractivity contribution is -0.282. The Balaban J connectivity index is 1.82. The number of aliphatic carboxylic acids is 1. The van der Waals surface area contributed by atoms with Crippen LogP contribution < -0.4 is 5.73 Å². The van der Waals surface area contributed by atoms with Crippen molar-refractivity contribution in [3.8, 4) is 0 Å². The van der Waals surface area contributed by atoms with Crippen molar-refractivity contribution >= 4 is 11.9 Å². The van der Waals surface area contributed by atoms with Gasteiger partial charge in [-0.1, -0.05) is 98.9 Å². The van der Waals surface area contributed by atoms with Crippen LogP contribution in [-0.2, 0) is 28.5 Å². The Hall–Kier alpha value is -3.44. The minimum atomic E-state index is -1.40. The van der Waals surface area contributed by atoms with Crippen molar-refractivity contribution in [2.45, 2.75) is 178 Å². The van der Waals surface area contributed by atoms with Gasteiger partial charge in [0.15, 0.2) is 12.6 Å². The number of esters is 1. The van der Waals surface area contributed by atoms with Crippen molar-refractivity contribution < 1.29 is 84.7 Å². The highest BCUT2D eigenvalue weighted by atomic mass is 16.7. The number of aliphatic hydroxyl groups is 10. The number of hydrogen-bond acceptors (Lipinski definition) is 17. The fourth-order valence-electron chi connectivity index (χ4n) is 7.30. The summed E-state index contributed by atoms with van der Waals surface area (Å²) in [5.74, 6) is -4.05. The maximum absolute atomic E-state index is 12.5. The zero-order chi connectivity index (χ0) is 48.8. The number of carbonyl (C=O) groups excluding carboxylic acids is 1. The second-order valence-corrected chi connectivity index (χ2v) is 17.1. The summed E-state index contributed by atoms with van der Waals surface area (Å²) in [5, 5.41) is 111. The van der Waals surface area contributed by atoms with Gasteiger partial charge in [0.25, 0.3) is 0 Å². The van der Waals surface area contributed by atoms with Crippen molar-refractivity contribution in [1.82, 2.24) is 0 Å². The van der Waals surface area contributed by atoms with E-state index in [2.05, 4.69) is 0 Å². The van der Waals surface area contributed by atoms with Crippen LogP contribution in [0.1, 0.15) is 79.6 Å². The summed E-state index contributed by atoms with van der Waals surface area (Å²) in [7, 11) is 0. The van der Waals surface area contributed by atoms with E-state index in [1.54, 1.807) is 87.6 Å². The summed E-state index contributed by atoms with van der Waals surface area (Å²) in [6, 6.07) is -1.06. The van der Waals surface area contributed by atoms with Gasteiger partial charge >= 0.3 is 11.9 Å². The molecule has 65 heavy (non-hydrogen) atoms. The topological polar surface area (TPSA) is 320 Å². The lowest BCUT2D eigenvalue weighted by Crippen LogP contribution is -2.61. The molecule has 18 heteroatoms. The number of hydrogen-bond donors (Lipinski definition) is 12. The van der Waals surface area contributed by atoms with E-state index in [1.807, 2.05) is 25.2 Å². The average Bonchev–Trinajstić information content (AvgIpc) is 3.22. The molecule has 2 aliphatic rings. The zero-order valence-corrected chi connectivity index (χ0v) is 37.9. The van der Waals surface area contributed by atoms with Crippen LogP contribution >= 0.6 is 0 Å². The molecule has 0 radical (unpaired) electrons.